The maximum absolute atomic E-state index is 14.3. The number of rotatable bonds is 5. The molecule has 4 fully saturated rings. The van der Waals surface area contributed by atoms with Crippen LogP contribution in [0.25, 0.3) is 0 Å². The van der Waals surface area contributed by atoms with Gasteiger partial charge in [0.15, 0.2) is 0 Å². The van der Waals surface area contributed by atoms with E-state index in [-0.39, 0.29) is 36.9 Å². The second-order valence-corrected chi connectivity index (χ2v) is 11.0. The highest BCUT2D eigenvalue weighted by atomic mass is 19.1. The number of imide groups is 1. The van der Waals surface area contributed by atoms with Crippen LogP contribution in [0.3, 0.4) is 0 Å². The molecule has 1 N–H and O–H groups in total. The van der Waals surface area contributed by atoms with Crippen molar-refractivity contribution in [2.45, 2.75) is 75.8 Å². The third kappa shape index (κ3) is 4.41. The van der Waals surface area contributed by atoms with Crippen LogP contribution in [0, 0.1) is 11.8 Å². The van der Waals surface area contributed by atoms with Gasteiger partial charge in [0.25, 0.3) is 5.91 Å². The Labute approximate surface area is 210 Å². The van der Waals surface area contributed by atoms with Crippen molar-refractivity contribution in [3.05, 3.63) is 29.3 Å². The Bertz CT molecular complexity index is 1040. The van der Waals surface area contributed by atoms with Crippen LogP contribution in [-0.2, 0) is 20.9 Å². The molecule has 1 aliphatic carbocycles. The molecule has 0 radical (unpaired) electrons. The van der Waals surface area contributed by atoms with Crippen LogP contribution >= 0.6 is 0 Å². The summed E-state index contributed by atoms with van der Waals surface area (Å²) in [6.07, 6.45) is 4.98. The van der Waals surface area contributed by atoms with Gasteiger partial charge in [-0.2, -0.15) is 0 Å². The van der Waals surface area contributed by atoms with E-state index in [0.29, 0.717) is 37.1 Å². The van der Waals surface area contributed by atoms with Crippen molar-refractivity contribution >= 4 is 17.7 Å². The lowest BCUT2D eigenvalue weighted by atomic mass is 9.77. The minimum Gasteiger partial charge on any atom is -0.489 e. The molecular formula is C27H34FN3O5. The van der Waals surface area contributed by atoms with Gasteiger partial charge in [0.1, 0.15) is 24.1 Å². The number of hydrogen-bond acceptors (Lipinski definition) is 6. The maximum atomic E-state index is 14.3. The lowest BCUT2D eigenvalue weighted by Crippen LogP contribution is -2.60. The molecule has 1 aromatic carbocycles. The van der Waals surface area contributed by atoms with Crippen LogP contribution in [0.15, 0.2) is 18.2 Å². The first-order valence-electron chi connectivity index (χ1n) is 13.4. The number of likely N-dealkylation sites (tertiary alicyclic amines) is 1. The average Bonchev–Trinajstić information content (AvgIpc) is 3.16. The minimum absolute atomic E-state index is 0.0666. The Morgan fingerprint density at radius 3 is 2.69 bits per heavy atom. The number of hydrogen-bond donors (Lipinski definition) is 1. The number of alkyl halides is 1. The molecule has 8 nitrogen and oxygen atoms in total. The standard InChI is InChI=1S/C27H34FN3O5/c28-21-15-35-10-9-19(21)17-12-30(13-17)22-3-1-2-4-24(22)36-18-5-6-20-16(11-18)14-31(27(20)34)23-7-8-25(32)29-26(23)33/h5-6,11,17,19,21-24H,1-4,7-10,12-15H2,(H,29,32,33)/t19?,21-,22-,23?,24-/m0/s1. The molecule has 194 valence electrons. The van der Waals surface area contributed by atoms with Gasteiger partial charge in [-0.3, -0.25) is 24.6 Å². The Balaban J connectivity index is 1.10. The molecule has 2 unspecified atom stereocenters. The SMILES string of the molecule is O=C1CCC(N2Cc3cc(O[C@H]4CCCC[C@@H]4N4CC(C5CCOC[C@@H]5F)C4)ccc3C2=O)C(=O)N1. The normalized spacial score (nSPS) is 33.8. The highest BCUT2D eigenvalue weighted by Gasteiger charge is 2.44. The number of nitrogens with zero attached hydrogens (tertiary/aromatic N) is 2. The van der Waals surface area contributed by atoms with Gasteiger partial charge < -0.3 is 14.4 Å². The summed E-state index contributed by atoms with van der Waals surface area (Å²) in [7, 11) is 0. The molecule has 5 atom stereocenters. The van der Waals surface area contributed by atoms with Gasteiger partial charge in [-0.15, -0.1) is 0 Å². The molecule has 1 aromatic rings. The van der Waals surface area contributed by atoms with E-state index in [9.17, 15) is 18.8 Å². The van der Waals surface area contributed by atoms with Gasteiger partial charge in [-0.25, -0.2) is 4.39 Å². The van der Waals surface area contributed by atoms with Gasteiger partial charge in [0.05, 0.1) is 6.61 Å². The van der Waals surface area contributed by atoms with Crippen molar-refractivity contribution in [3.63, 3.8) is 0 Å². The second kappa shape index (κ2) is 9.74. The first-order valence-corrected chi connectivity index (χ1v) is 13.4. The quantitative estimate of drug-likeness (QED) is 0.627. The van der Waals surface area contributed by atoms with Crippen LogP contribution in [0.5, 0.6) is 5.75 Å². The van der Waals surface area contributed by atoms with Crippen LogP contribution in [0.4, 0.5) is 4.39 Å². The summed E-state index contributed by atoms with van der Waals surface area (Å²) >= 11 is 0. The first kappa shape index (κ1) is 23.9. The van der Waals surface area contributed by atoms with Gasteiger partial charge in [-0.1, -0.05) is 6.42 Å². The summed E-state index contributed by atoms with van der Waals surface area (Å²) in [5, 5.41) is 2.34. The summed E-state index contributed by atoms with van der Waals surface area (Å²) in [5.41, 5.74) is 1.45. The van der Waals surface area contributed by atoms with E-state index in [1.165, 1.54) is 6.42 Å². The Morgan fingerprint density at radius 2 is 1.89 bits per heavy atom. The van der Waals surface area contributed by atoms with E-state index >= 15 is 0 Å². The molecule has 1 saturated carbocycles. The van der Waals surface area contributed by atoms with Crippen LogP contribution in [-0.4, -0.2) is 78.2 Å². The Morgan fingerprint density at radius 1 is 1.06 bits per heavy atom. The van der Waals surface area contributed by atoms with E-state index in [1.807, 2.05) is 12.1 Å². The first-order chi connectivity index (χ1) is 17.5. The van der Waals surface area contributed by atoms with Crippen molar-refractivity contribution < 1.29 is 28.2 Å². The summed E-state index contributed by atoms with van der Waals surface area (Å²) in [5.74, 6) is 0.391. The molecule has 0 bridgehead atoms. The number of carbonyl (C=O) groups is 3. The summed E-state index contributed by atoms with van der Waals surface area (Å²) in [6, 6.07) is 5.28. The number of piperidine rings is 1. The van der Waals surface area contributed by atoms with Gasteiger partial charge in [0, 0.05) is 44.3 Å². The zero-order chi connectivity index (χ0) is 24.8. The van der Waals surface area contributed by atoms with E-state index in [0.717, 1.165) is 50.1 Å². The lowest BCUT2D eigenvalue weighted by Gasteiger charge is -2.51. The van der Waals surface area contributed by atoms with Crippen molar-refractivity contribution in [2.75, 3.05) is 26.3 Å². The summed E-state index contributed by atoms with van der Waals surface area (Å²) in [6.45, 7) is 3.09. The van der Waals surface area contributed by atoms with Gasteiger partial charge in [-0.05, 0) is 67.7 Å². The summed E-state index contributed by atoms with van der Waals surface area (Å²) in [4.78, 5) is 40.8. The topological polar surface area (TPSA) is 88.2 Å². The largest absolute Gasteiger partial charge is 0.489 e. The van der Waals surface area contributed by atoms with Gasteiger partial charge >= 0.3 is 0 Å². The zero-order valence-electron chi connectivity index (χ0n) is 20.5. The maximum Gasteiger partial charge on any atom is 0.255 e. The number of ether oxygens (including phenoxy) is 2. The van der Waals surface area contributed by atoms with Crippen LogP contribution < -0.4 is 10.1 Å². The third-order valence-electron chi connectivity index (χ3n) is 8.80. The van der Waals surface area contributed by atoms with E-state index in [1.54, 1.807) is 11.0 Å². The van der Waals surface area contributed by atoms with Gasteiger partial charge in [0.2, 0.25) is 11.8 Å². The lowest BCUT2D eigenvalue weighted by molar-refractivity contribution is -0.136. The molecule has 3 amide bonds. The van der Waals surface area contributed by atoms with Crippen molar-refractivity contribution in [3.8, 4) is 5.75 Å². The van der Waals surface area contributed by atoms with E-state index in [2.05, 4.69) is 10.2 Å². The van der Waals surface area contributed by atoms with Crippen LogP contribution in [0.2, 0.25) is 0 Å². The minimum atomic E-state index is -0.849. The average molecular weight is 500 g/mol. The Kier molecular flexibility index (Phi) is 6.46. The molecule has 5 aliphatic rings. The second-order valence-electron chi connectivity index (χ2n) is 11.0. The number of nitrogens with one attached hydrogen (secondary N) is 1. The number of halogens is 1. The fraction of sp³-hybridized carbons (Fsp3) is 0.667. The van der Waals surface area contributed by atoms with Crippen molar-refractivity contribution in [2.24, 2.45) is 11.8 Å². The third-order valence-corrected chi connectivity index (χ3v) is 8.80. The zero-order valence-corrected chi connectivity index (χ0v) is 20.5. The number of benzene rings is 1. The number of carbonyl (C=O) groups excluding carboxylic acids is 3. The van der Waals surface area contributed by atoms with Crippen LogP contribution in [0.1, 0.15) is 60.9 Å². The van der Waals surface area contributed by atoms with Crippen molar-refractivity contribution in [1.29, 1.82) is 0 Å². The van der Waals surface area contributed by atoms with E-state index < -0.39 is 18.1 Å². The monoisotopic (exact) mass is 499 g/mol. The Hall–Kier alpha value is -2.52. The highest BCUT2D eigenvalue weighted by molar-refractivity contribution is 6.05. The molecule has 4 aliphatic heterocycles. The number of fused-ring (bicyclic) bond motifs is 1. The predicted molar refractivity (Wildman–Crippen MR) is 128 cm³/mol. The fourth-order valence-electron chi connectivity index (χ4n) is 6.77. The molecule has 0 aromatic heterocycles. The fourth-order valence-corrected chi connectivity index (χ4v) is 6.77. The molecule has 0 spiro atoms. The van der Waals surface area contributed by atoms with Crippen molar-refractivity contribution in [1.82, 2.24) is 15.1 Å². The smallest absolute Gasteiger partial charge is 0.255 e. The molecule has 36 heavy (non-hydrogen) atoms. The highest BCUT2D eigenvalue weighted by Crippen LogP contribution is 2.38. The molecule has 6 rings (SSSR count). The predicted octanol–water partition coefficient (Wildman–Crippen LogP) is 2.44. The molecular weight excluding hydrogens is 465 g/mol. The number of amides is 3. The molecule has 9 heteroatoms. The summed E-state index contributed by atoms with van der Waals surface area (Å²) < 4.78 is 26.1. The molecule has 4 heterocycles. The molecule has 3 saturated heterocycles. The van der Waals surface area contributed by atoms with E-state index in [4.69, 9.17) is 9.47 Å².